The van der Waals surface area contributed by atoms with Crippen LogP contribution in [-0.4, -0.2) is 53.7 Å². The fourth-order valence-corrected chi connectivity index (χ4v) is 4.96. The van der Waals surface area contributed by atoms with Crippen LogP contribution in [0.1, 0.15) is 39.5 Å². The molecule has 6 heteroatoms. The van der Waals surface area contributed by atoms with Crippen LogP contribution in [0.5, 0.6) is 0 Å². The summed E-state index contributed by atoms with van der Waals surface area (Å²) in [7, 11) is 0. The van der Waals surface area contributed by atoms with E-state index in [2.05, 4.69) is 24.6 Å². The van der Waals surface area contributed by atoms with Crippen molar-refractivity contribution >= 4 is 11.9 Å². The van der Waals surface area contributed by atoms with Crippen LogP contribution in [0.2, 0.25) is 0 Å². The first-order valence-electron chi connectivity index (χ1n) is 12.7. The molecule has 3 aliphatic heterocycles. The number of likely N-dealkylation sites (tertiary alicyclic amines) is 1. The van der Waals surface area contributed by atoms with Gasteiger partial charge in [-0.05, 0) is 43.2 Å². The van der Waals surface area contributed by atoms with Gasteiger partial charge in [-0.25, -0.2) is 0 Å². The second-order valence-electron chi connectivity index (χ2n) is 9.04. The molecule has 2 N–H and O–H groups in total. The fourth-order valence-electron chi connectivity index (χ4n) is 4.96. The molecular weight excluding hydrogens is 440 g/mol. The zero-order chi connectivity index (χ0) is 25.4. The number of ether oxygens (including phenoxy) is 1. The number of rotatable bonds is 4. The summed E-state index contributed by atoms with van der Waals surface area (Å²) in [5.74, 6) is -0.836. The lowest BCUT2D eigenvalue weighted by Gasteiger charge is -2.41. The molecule has 3 heterocycles. The first-order valence-corrected chi connectivity index (χ1v) is 12.7. The number of allylic oxidation sites excluding steroid dienone is 7. The van der Waals surface area contributed by atoms with Crippen molar-refractivity contribution in [3.05, 3.63) is 84.2 Å². The summed E-state index contributed by atoms with van der Waals surface area (Å²) in [6, 6.07) is 0. The van der Waals surface area contributed by atoms with Gasteiger partial charge in [-0.1, -0.05) is 69.5 Å². The van der Waals surface area contributed by atoms with Crippen molar-refractivity contribution in [2.45, 2.75) is 45.1 Å². The highest BCUT2D eigenvalue weighted by Gasteiger charge is 2.38. The van der Waals surface area contributed by atoms with Gasteiger partial charge in [0, 0.05) is 31.5 Å². The van der Waals surface area contributed by atoms with Crippen molar-refractivity contribution in [2.75, 3.05) is 26.2 Å². The number of amides is 1. The van der Waals surface area contributed by atoms with Crippen molar-refractivity contribution in [1.29, 1.82) is 0 Å². The summed E-state index contributed by atoms with van der Waals surface area (Å²) in [6.45, 7) is 14.8. The molecule has 2 fully saturated rings. The molecule has 0 aromatic carbocycles. The Morgan fingerprint density at radius 3 is 2.51 bits per heavy atom. The van der Waals surface area contributed by atoms with Gasteiger partial charge in [-0.3, -0.25) is 9.59 Å². The van der Waals surface area contributed by atoms with Crippen molar-refractivity contribution in [1.82, 2.24) is 10.2 Å². The average molecular weight is 479 g/mol. The van der Waals surface area contributed by atoms with E-state index in [0.29, 0.717) is 31.7 Å². The lowest BCUT2D eigenvalue weighted by Crippen LogP contribution is -2.44. The molecule has 1 atom stereocenters. The standard InChI is InChI=1S/C27H32N2O4.C2H6/c1-3-5-23-19(2)33-27(12-14-28-15-13-27)18-24(23)20-6-4-7-21(9-8-20)25(30)29-16-10-22(11-17-29)26(31)32;1-2/h3-9,18,21-22,28H,1-2,10-17H2,(H,31,32);1-2H3/b23-5+;. The molecule has 1 aliphatic carbocycles. The third kappa shape index (κ3) is 6.12. The van der Waals surface area contributed by atoms with E-state index in [1.165, 1.54) is 0 Å². The van der Waals surface area contributed by atoms with Crippen molar-refractivity contribution in [2.24, 2.45) is 11.8 Å². The van der Waals surface area contributed by atoms with E-state index >= 15 is 0 Å². The molecule has 0 radical (unpaired) electrons. The van der Waals surface area contributed by atoms with Gasteiger partial charge in [0.05, 0.1) is 11.8 Å². The largest absolute Gasteiger partial charge is 0.483 e. The van der Waals surface area contributed by atoms with Gasteiger partial charge < -0.3 is 20.1 Å². The third-order valence-electron chi connectivity index (χ3n) is 6.89. The predicted octanol–water partition coefficient (Wildman–Crippen LogP) is 4.71. The molecule has 0 saturated carbocycles. The van der Waals surface area contributed by atoms with Crippen molar-refractivity contribution in [3.63, 3.8) is 0 Å². The topological polar surface area (TPSA) is 78.9 Å². The Balaban J connectivity index is 0.00000167. The van der Waals surface area contributed by atoms with E-state index in [9.17, 15) is 14.7 Å². The number of carboxylic acid groups (broad SMARTS) is 1. The van der Waals surface area contributed by atoms with Crippen LogP contribution in [-0.2, 0) is 14.3 Å². The second kappa shape index (κ2) is 12.0. The predicted molar refractivity (Wildman–Crippen MR) is 140 cm³/mol. The Kier molecular flexibility index (Phi) is 9.10. The van der Waals surface area contributed by atoms with Gasteiger partial charge in [-0.15, -0.1) is 0 Å². The number of piperidine rings is 2. The Morgan fingerprint density at radius 2 is 1.89 bits per heavy atom. The normalized spacial score (nSPS) is 25.1. The highest BCUT2D eigenvalue weighted by Crippen LogP contribution is 2.41. The Labute approximate surface area is 209 Å². The Bertz CT molecular complexity index is 984. The minimum atomic E-state index is -0.772. The van der Waals surface area contributed by atoms with E-state index in [4.69, 9.17) is 4.74 Å². The molecule has 4 aliphatic rings. The van der Waals surface area contributed by atoms with E-state index < -0.39 is 5.97 Å². The monoisotopic (exact) mass is 478 g/mol. The molecule has 4 rings (SSSR count). The van der Waals surface area contributed by atoms with Gasteiger partial charge in [0.2, 0.25) is 5.91 Å². The number of carboxylic acids is 1. The molecule has 1 unspecified atom stereocenters. The lowest BCUT2D eigenvalue weighted by atomic mass is 9.82. The van der Waals surface area contributed by atoms with Crippen LogP contribution in [0.4, 0.5) is 0 Å². The lowest BCUT2D eigenvalue weighted by molar-refractivity contribution is -0.146. The number of carbonyl (C=O) groups is 2. The van der Waals surface area contributed by atoms with Crippen molar-refractivity contribution < 1.29 is 19.4 Å². The first-order chi connectivity index (χ1) is 16.9. The Hall–Kier alpha value is -3.12. The SMILES string of the molecule is C=C/C=C1\C(=C)OC2(C=C1C1=CC=CC(C(=O)N3CCC(C(=O)O)CC3)C=C1)CCNCC2.CC. The summed E-state index contributed by atoms with van der Waals surface area (Å²) in [5.41, 5.74) is 2.58. The number of hydrogen-bond donors (Lipinski definition) is 2. The maximum atomic E-state index is 13.1. The molecule has 35 heavy (non-hydrogen) atoms. The van der Waals surface area contributed by atoms with E-state index in [1.54, 1.807) is 11.0 Å². The zero-order valence-corrected chi connectivity index (χ0v) is 21.0. The highest BCUT2D eigenvalue weighted by molar-refractivity contribution is 5.83. The molecule has 1 spiro atoms. The van der Waals surface area contributed by atoms with Gasteiger partial charge >= 0.3 is 5.97 Å². The summed E-state index contributed by atoms with van der Waals surface area (Å²) in [6.07, 6.45) is 18.4. The number of hydrogen-bond acceptors (Lipinski definition) is 4. The summed E-state index contributed by atoms with van der Waals surface area (Å²) >= 11 is 0. The minimum absolute atomic E-state index is 0.0167. The van der Waals surface area contributed by atoms with Gasteiger partial charge in [0.15, 0.2) is 0 Å². The molecule has 188 valence electrons. The van der Waals surface area contributed by atoms with Gasteiger partial charge in [-0.2, -0.15) is 0 Å². The van der Waals surface area contributed by atoms with Crippen LogP contribution in [0.15, 0.2) is 84.2 Å². The quantitative estimate of drug-likeness (QED) is 0.612. The van der Waals surface area contributed by atoms with E-state index in [-0.39, 0.29) is 23.3 Å². The summed E-state index contributed by atoms with van der Waals surface area (Å²) < 4.78 is 6.30. The number of nitrogens with one attached hydrogen (secondary N) is 1. The fraction of sp³-hybridized carbons (Fsp3) is 0.448. The maximum absolute atomic E-state index is 13.1. The van der Waals surface area contributed by atoms with Crippen LogP contribution >= 0.6 is 0 Å². The number of nitrogens with zero attached hydrogens (tertiary/aromatic N) is 1. The molecule has 6 nitrogen and oxygen atoms in total. The highest BCUT2D eigenvalue weighted by atomic mass is 16.5. The maximum Gasteiger partial charge on any atom is 0.306 e. The van der Waals surface area contributed by atoms with Crippen molar-refractivity contribution in [3.8, 4) is 0 Å². The number of aliphatic carboxylic acids is 1. The van der Waals surface area contributed by atoms with Crippen LogP contribution in [0, 0.1) is 11.8 Å². The van der Waals surface area contributed by atoms with Gasteiger partial charge in [0.1, 0.15) is 11.4 Å². The smallest absolute Gasteiger partial charge is 0.306 e. The Morgan fingerprint density at radius 1 is 1.20 bits per heavy atom. The molecule has 2 saturated heterocycles. The molecule has 0 bridgehead atoms. The zero-order valence-electron chi connectivity index (χ0n) is 21.0. The summed E-state index contributed by atoms with van der Waals surface area (Å²) in [5, 5.41) is 12.6. The van der Waals surface area contributed by atoms with Crippen LogP contribution < -0.4 is 5.32 Å². The van der Waals surface area contributed by atoms with E-state index in [0.717, 1.165) is 42.7 Å². The molecule has 0 aromatic rings. The minimum Gasteiger partial charge on any atom is -0.483 e. The third-order valence-corrected chi connectivity index (χ3v) is 6.89. The van der Waals surface area contributed by atoms with Crippen LogP contribution in [0.25, 0.3) is 0 Å². The van der Waals surface area contributed by atoms with E-state index in [1.807, 2.05) is 50.3 Å². The second-order valence-corrected chi connectivity index (χ2v) is 9.04. The first kappa shape index (κ1) is 26.5. The van der Waals surface area contributed by atoms with Crippen LogP contribution in [0.3, 0.4) is 0 Å². The summed E-state index contributed by atoms with van der Waals surface area (Å²) in [4.78, 5) is 26.1. The molecular formula is C29H38N2O4. The number of carbonyl (C=O) groups excluding carboxylic acids is 1. The average Bonchev–Trinajstić information content (AvgIpc) is 3.13. The van der Waals surface area contributed by atoms with Gasteiger partial charge in [0.25, 0.3) is 0 Å². The molecule has 0 aromatic heterocycles. The molecule has 1 amide bonds.